The van der Waals surface area contributed by atoms with Crippen molar-refractivity contribution in [3.05, 3.63) is 58.1 Å². The van der Waals surface area contributed by atoms with Crippen molar-refractivity contribution in [2.45, 2.75) is 12.0 Å². The van der Waals surface area contributed by atoms with Gasteiger partial charge in [-0.3, -0.25) is 9.59 Å². The van der Waals surface area contributed by atoms with Crippen molar-refractivity contribution in [1.29, 1.82) is 0 Å². The molecule has 6 heteroatoms. The first kappa shape index (κ1) is 14.7. The summed E-state index contributed by atoms with van der Waals surface area (Å²) in [4.78, 5) is 24.5. The van der Waals surface area contributed by atoms with Crippen molar-refractivity contribution in [3.63, 3.8) is 0 Å². The van der Waals surface area contributed by atoms with Gasteiger partial charge in [0.05, 0.1) is 6.42 Å². The molecule has 2 aromatic carbocycles. The molecule has 0 bridgehead atoms. The summed E-state index contributed by atoms with van der Waals surface area (Å²) in [6.45, 7) is 0. The maximum absolute atomic E-state index is 12.4. The number of nitrogens with one attached hydrogen (secondary N) is 1. The number of ketones is 1. The van der Waals surface area contributed by atoms with Crippen LogP contribution in [0.1, 0.15) is 22.3 Å². The predicted octanol–water partition coefficient (Wildman–Crippen LogP) is 2.44. The van der Waals surface area contributed by atoms with E-state index in [1.807, 2.05) is 0 Å². The van der Waals surface area contributed by atoms with E-state index in [9.17, 15) is 14.7 Å². The Morgan fingerprint density at radius 2 is 1.91 bits per heavy atom. The van der Waals surface area contributed by atoms with Crippen molar-refractivity contribution in [3.8, 4) is 0 Å². The van der Waals surface area contributed by atoms with Crippen LogP contribution in [0, 0.1) is 0 Å². The lowest BCUT2D eigenvalue weighted by atomic mass is 9.88. The number of hydrogen-bond donors (Lipinski definition) is 3. The Labute approximate surface area is 135 Å². The van der Waals surface area contributed by atoms with Crippen LogP contribution in [0.25, 0.3) is 0 Å². The molecule has 2 aromatic rings. The molecule has 0 saturated carbocycles. The highest BCUT2D eigenvalue weighted by Crippen LogP contribution is 2.40. The number of Topliss-reactive ketones (excluding diaryl/α,β-unsaturated/α-hetero) is 1. The van der Waals surface area contributed by atoms with E-state index in [2.05, 4.69) is 21.2 Å². The van der Waals surface area contributed by atoms with E-state index >= 15 is 0 Å². The first-order chi connectivity index (χ1) is 10.4. The van der Waals surface area contributed by atoms with E-state index < -0.39 is 11.5 Å². The molecule has 1 atom stereocenters. The van der Waals surface area contributed by atoms with Crippen LogP contribution in [0.4, 0.5) is 11.4 Å². The second-order valence-corrected chi connectivity index (χ2v) is 6.14. The number of anilines is 2. The number of hydrogen-bond acceptors (Lipinski definition) is 4. The molecular formula is C16H13BrN2O3. The largest absolute Gasteiger partial charge is 0.399 e. The lowest BCUT2D eigenvalue weighted by Gasteiger charge is -2.20. The van der Waals surface area contributed by atoms with Crippen LogP contribution in [-0.2, 0) is 10.4 Å². The molecule has 0 fully saturated rings. The monoisotopic (exact) mass is 360 g/mol. The summed E-state index contributed by atoms with van der Waals surface area (Å²) in [6.07, 6.45) is -0.327. The van der Waals surface area contributed by atoms with E-state index in [-0.39, 0.29) is 12.2 Å². The van der Waals surface area contributed by atoms with Gasteiger partial charge in [-0.25, -0.2) is 0 Å². The summed E-state index contributed by atoms with van der Waals surface area (Å²) in [5.74, 6) is -0.921. The molecule has 112 valence electrons. The molecule has 0 saturated heterocycles. The second kappa shape index (κ2) is 5.23. The van der Waals surface area contributed by atoms with Crippen LogP contribution in [0.5, 0.6) is 0 Å². The SMILES string of the molecule is Nc1ccc(C(=O)CC2(O)C(=O)Nc3ccc(Br)cc32)cc1. The fourth-order valence-corrected chi connectivity index (χ4v) is 2.86. The quantitative estimate of drug-likeness (QED) is 0.578. The topological polar surface area (TPSA) is 92.4 Å². The minimum absolute atomic E-state index is 0.327. The molecule has 1 unspecified atom stereocenters. The highest BCUT2D eigenvalue weighted by molar-refractivity contribution is 9.10. The first-order valence-corrected chi connectivity index (χ1v) is 7.42. The third-order valence-electron chi connectivity index (χ3n) is 3.70. The molecule has 0 aliphatic carbocycles. The van der Waals surface area contributed by atoms with Gasteiger partial charge in [0.25, 0.3) is 5.91 Å². The highest BCUT2D eigenvalue weighted by Gasteiger charge is 2.46. The van der Waals surface area contributed by atoms with Crippen LogP contribution in [0.3, 0.4) is 0 Å². The van der Waals surface area contributed by atoms with Crippen molar-refractivity contribution in [2.75, 3.05) is 11.1 Å². The van der Waals surface area contributed by atoms with Gasteiger partial charge < -0.3 is 16.2 Å². The van der Waals surface area contributed by atoms with Gasteiger partial charge in [-0.05, 0) is 42.5 Å². The van der Waals surface area contributed by atoms with Crippen molar-refractivity contribution < 1.29 is 14.7 Å². The second-order valence-electron chi connectivity index (χ2n) is 5.23. The third kappa shape index (κ3) is 2.40. The van der Waals surface area contributed by atoms with Crippen molar-refractivity contribution in [2.24, 2.45) is 0 Å². The number of carbonyl (C=O) groups is 2. The number of carbonyl (C=O) groups excluding carboxylic acids is 2. The Bertz CT molecular complexity index is 773. The number of nitrogens with two attached hydrogens (primary N) is 1. The number of fused-ring (bicyclic) bond motifs is 1. The average Bonchev–Trinajstić information content (AvgIpc) is 2.71. The zero-order valence-electron chi connectivity index (χ0n) is 11.5. The summed E-state index contributed by atoms with van der Waals surface area (Å²) in [5.41, 5.74) is 5.58. The van der Waals surface area contributed by atoms with Gasteiger partial charge >= 0.3 is 0 Å². The van der Waals surface area contributed by atoms with E-state index in [0.29, 0.717) is 22.5 Å². The fourth-order valence-electron chi connectivity index (χ4n) is 2.49. The lowest BCUT2D eigenvalue weighted by molar-refractivity contribution is -0.133. The Morgan fingerprint density at radius 1 is 1.23 bits per heavy atom. The Morgan fingerprint density at radius 3 is 2.59 bits per heavy atom. The number of amides is 1. The van der Waals surface area contributed by atoms with Crippen LogP contribution in [-0.4, -0.2) is 16.8 Å². The molecule has 1 aliphatic rings. The Hall–Kier alpha value is -2.18. The van der Waals surface area contributed by atoms with E-state index in [0.717, 1.165) is 4.47 Å². The predicted molar refractivity (Wildman–Crippen MR) is 86.5 cm³/mol. The van der Waals surface area contributed by atoms with Crippen LogP contribution >= 0.6 is 15.9 Å². The normalized spacial score (nSPS) is 19.6. The van der Waals surface area contributed by atoms with Crippen molar-refractivity contribution in [1.82, 2.24) is 0 Å². The Kier molecular flexibility index (Phi) is 3.50. The van der Waals surface area contributed by atoms with Gasteiger partial charge in [0.1, 0.15) is 0 Å². The number of rotatable bonds is 3. The molecule has 5 nitrogen and oxygen atoms in total. The molecule has 3 rings (SSSR count). The smallest absolute Gasteiger partial charge is 0.261 e. The van der Waals surface area contributed by atoms with Crippen LogP contribution in [0.2, 0.25) is 0 Å². The Balaban J connectivity index is 1.94. The molecular weight excluding hydrogens is 348 g/mol. The van der Waals surface area contributed by atoms with Crippen LogP contribution in [0.15, 0.2) is 46.9 Å². The van der Waals surface area contributed by atoms with Gasteiger partial charge in [0.2, 0.25) is 0 Å². The fraction of sp³-hybridized carbons (Fsp3) is 0.125. The molecule has 1 aliphatic heterocycles. The van der Waals surface area contributed by atoms with Gasteiger partial charge in [-0.2, -0.15) is 0 Å². The summed E-state index contributed by atoms with van der Waals surface area (Å²) in [5, 5.41) is 13.3. The van der Waals surface area contributed by atoms with Crippen molar-refractivity contribution >= 4 is 39.0 Å². The molecule has 22 heavy (non-hydrogen) atoms. The molecule has 0 spiro atoms. The van der Waals surface area contributed by atoms with E-state index in [4.69, 9.17) is 5.73 Å². The molecule has 4 N–H and O–H groups in total. The maximum atomic E-state index is 12.4. The van der Waals surface area contributed by atoms with E-state index in [1.54, 1.807) is 42.5 Å². The lowest BCUT2D eigenvalue weighted by Crippen LogP contribution is -2.36. The minimum Gasteiger partial charge on any atom is -0.399 e. The summed E-state index contributed by atoms with van der Waals surface area (Å²) in [7, 11) is 0. The number of halogens is 1. The molecule has 1 amide bonds. The van der Waals surface area contributed by atoms with Gasteiger partial charge in [0, 0.05) is 27.0 Å². The summed E-state index contributed by atoms with van der Waals surface area (Å²) in [6, 6.07) is 11.5. The molecule has 0 aromatic heterocycles. The molecule has 1 heterocycles. The number of benzene rings is 2. The summed E-state index contributed by atoms with van der Waals surface area (Å²) < 4.78 is 0.723. The highest BCUT2D eigenvalue weighted by atomic mass is 79.9. The van der Waals surface area contributed by atoms with Gasteiger partial charge in [-0.1, -0.05) is 15.9 Å². The summed E-state index contributed by atoms with van der Waals surface area (Å²) >= 11 is 3.31. The van der Waals surface area contributed by atoms with Gasteiger partial charge in [-0.15, -0.1) is 0 Å². The maximum Gasteiger partial charge on any atom is 0.261 e. The van der Waals surface area contributed by atoms with Crippen LogP contribution < -0.4 is 11.1 Å². The standard InChI is InChI=1S/C16H13BrN2O3/c17-10-3-6-13-12(7-10)16(22,15(21)19-13)8-14(20)9-1-4-11(18)5-2-9/h1-7,22H,8,18H2,(H,19,21). The number of nitrogen functional groups attached to an aromatic ring is 1. The third-order valence-corrected chi connectivity index (χ3v) is 4.19. The van der Waals surface area contributed by atoms with Gasteiger partial charge in [0.15, 0.2) is 11.4 Å². The minimum atomic E-state index is -1.86. The zero-order valence-corrected chi connectivity index (χ0v) is 13.1. The first-order valence-electron chi connectivity index (χ1n) is 6.63. The zero-order chi connectivity index (χ0) is 15.9. The number of aliphatic hydroxyl groups is 1. The average molecular weight is 361 g/mol. The van der Waals surface area contributed by atoms with E-state index in [1.165, 1.54) is 0 Å². The molecule has 0 radical (unpaired) electrons.